The smallest absolute Gasteiger partial charge is 0.164 e. The van der Waals surface area contributed by atoms with Crippen LogP contribution in [0.25, 0.3) is 16.8 Å². The minimum atomic E-state index is -0.267. The summed E-state index contributed by atoms with van der Waals surface area (Å²) in [7, 11) is 0. The van der Waals surface area contributed by atoms with Crippen LogP contribution in [0, 0.1) is 5.82 Å². The number of hydrogen-bond acceptors (Lipinski definition) is 2. The van der Waals surface area contributed by atoms with Gasteiger partial charge in [-0.2, -0.15) is 5.10 Å². The number of halogens is 2. The summed E-state index contributed by atoms with van der Waals surface area (Å²) in [6.07, 6.45) is 1.70. The lowest BCUT2D eigenvalue weighted by atomic mass is 9.92. The van der Waals surface area contributed by atoms with Gasteiger partial charge in [0, 0.05) is 11.0 Å². The van der Waals surface area contributed by atoms with Crippen molar-refractivity contribution in [2.24, 2.45) is 0 Å². The van der Waals surface area contributed by atoms with Gasteiger partial charge in [0.15, 0.2) is 5.65 Å². The normalized spacial score (nSPS) is 12.0. The van der Waals surface area contributed by atoms with Gasteiger partial charge in [-0.15, -0.1) is 0 Å². The Kier molecular flexibility index (Phi) is 3.21. The van der Waals surface area contributed by atoms with Crippen LogP contribution in [0.5, 0.6) is 0 Å². The van der Waals surface area contributed by atoms with Crippen LogP contribution in [0.1, 0.15) is 26.5 Å². The molecule has 0 atom stereocenters. The molecule has 2 aromatic heterocycles. The standard InChI is InChI=1S/C16H15ClFN3/c1-16(2,3)13-8-14(17)21-15(20-13)12(9-19-21)10-4-6-11(18)7-5-10/h4-9H,1-3H3. The van der Waals surface area contributed by atoms with Gasteiger partial charge < -0.3 is 0 Å². The zero-order chi connectivity index (χ0) is 15.2. The van der Waals surface area contributed by atoms with Gasteiger partial charge in [-0.3, -0.25) is 0 Å². The lowest BCUT2D eigenvalue weighted by molar-refractivity contribution is 0.568. The Labute approximate surface area is 127 Å². The monoisotopic (exact) mass is 303 g/mol. The maximum Gasteiger partial charge on any atom is 0.164 e. The molecule has 0 spiro atoms. The number of rotatable bonds is 1. The second kappa shape index (κ2) is 4.81. The van der Waals surface area contributed by atoms with Crippen LogP contribution in [-0.4, -0.2) is 14.6 Å². The Balaban J connectivity index is 2.25. The van der Waals surface area contributed by atoms with E-state index in [9.17, 15) is 4.39 Å². The molecule has 3 nitrogen and oxygen atoms in total. The van der Waals surface area contributed by atoms with Crippen molar-refractivity contribution < 1.29 is 4.39 Å². The molecule has 0 saturated carbocycles. The molecule has 0 aliphatic rings. The molecule has 3 aromatic rings. The molecule has 0 amide bonds. The van der Waals surface area contributed by atoms with Crippen LogP contribution >= 0.6 is 11.6 Å². The highest BCUT2D eigenvalue weighted by atomic mass is 35.5. The summed E-state index contributed by atoms with van der Waals surface area (Å²) in [6.45, 7) is 6.24. The van der Waals surface area contributed by atoms with E-state index in [4.69, 9.17) is 11.6 Å². The van der Waals surface area contributed by atoms with Crippen molar-refractivity contribution in [1.29, 1.82) is 0 Å². The summed E-state index contributed by atoms with van der Waals surface area (Å²) < 4.78 is 14.7. The van der Waals surface area contributed by atoms with E-state index in [1.165, 1.54) is 12.1 Å². The SMILES string of the molecule is CC(C)(C)c1cc(Cl)n2ncc(-c3ccc(F)cc3)c2n1. The van der Waals surface area contributed by atoms with E-state index in [0.717, 1.165) is 16.8 Å². The van der Waals surface area contributed by atoms with Crippen LogP contribution in [0.2, 0.25) is 5.15 Å². The third-order valence-corrected chi connectivity index (χ3v) is 3.62. The van der Waals surface area contributed by atoms with Crippen LogP contribution in [0.4, 0.5) is 4.39 Å². The molecule has 0 N–H and O–H groups in total. The maximum atomic E-state index is 13.1. The first kappa shape index (κ1) is 14.0. The average Bonchev–Trinajstić information content (AvgIpc) is 2.83. The van der Waals surface area contributed by atoms with E-state index >= 15 is 0 Å². The van der Waals surface area contributed by atoms with E-state index in [-0.39, 0.29) is 11.2 Å². The van der Waals surface area contributed by atoms with Gasteiger partial charge in [-0.1, -0.05) is 44.5 Å². The van der Waals surface area contributed by atoms with Crippen molar-refractivity contribution in [2.45, 2.75) is 26.2 Å². The van der Waals surface area contributed by atoms with Crippen molar-refractivity contribution in [3.63, 3.8) is 0 Å². The summed E-state index contributed by atoms with van der Waals surface area (Å²) in [4.78, 5) is 4.69. The highest BCUT2D eigenvalue weighted by Gasteiger charge is 2.19. The first-order chi connectivity index (χ1) is 9.86. The molecule has 21 heavy (non-hydrogen) atoms. The Morgan fingerprint density at radius 3 is 2.43 bits per heavy atom. The lowest BCUT2D eigenvalue weighted by Gasteiger charge is -2.18. The van der Waals surface area contributed by atoms with E-state index in [1.807, 2.05) is 6.07 Å². The first-order valence-corrected chi connectivity index (χ1v) is 7.05. The molecular formula is C16H15ClFN3. The molecule has 108 valence electrons. The number of fused-ring (bicyclic) bond motifs is 1. The molecule has 2 heterocycles. The van der Waals surface area contributed by atoms with Gasteiger partial charge in [-0.05, 0) is 23.8 Å². The van der Waals surface area contributed by atoms with Gasteiger partial charge in [0.25, 0.3) is 0 Å². The fourth-order valence-corrected chi connectivity index (χ4v) is 2.37. The van der Waals surface area contributed by atoms with Crippen LogP contribution in [-0.2, 0) is 5.41 Å². The largest absolute Gasteiger partial charge is 0.232 e. The zero-order valence-electron chi connectivity index (χ0n) is 12.1. The van der Waals surface area contributed by atoms with Crippen molar-refractivity contribution in [1.82, 2.24) is 14.6 Å². The van der Waals surface area contributed by atoms with Crippen LogP contribution < -0.4 is 0 Å². The summed E-state index contributed by atoms with van der Waals surface area (Å²) in [5.41, 5.74) is 3.15. The third-order valence-electron chi connectivity index (χ3n) is 3.35. The van der Waals surface area contributed by atoms with Gasteiger partial charge in [0.1, 0.15) is 11.0 Å². The van der Waals surface area contributed by atoms with E-state index < -0.39 is 0 Å². The Morgan fingerprint density at radius 1 is 1.14 bits per heavy atom. The fourth-order valence-electron chi connectivity index (χ4n) is 2.14. The fraction of sp³-hybridized carbons (Fsp3) is 0.250. The predicted octanol–water partition coefficient (Wildman–Crippen LogP) is 4.49. The number of aromatic nitrogens is 3. The predicted molar refractivity (Wildman–Crippen MR) is 82.1 cm³/mol. The van der Waals surface area contributed by atoms with Gasteiger partial charge in [0.05, 0.1) is 11.9 Å². The van der Waals surface area contributed by atoms with Crippen molar-refractivity contribution in [3.8, 4) is 11.1 Å². The van der Waals surface area contributed by atoms with E-state index in [0.29, 0.717) is 10.8 Å². The van der Waals surface area contributed by atoms with E-state index in [1.54, 1.807) is 22.8 Å². The zero-order valence-corrected chi connectivity index (χ0v) is 12.8. The highest BCUT2D eigenvalue weighted by molar-refractivity contribution is 6.29. The molecule has 0 aliphatic heterocycles. The minimum absolute atomic E-state index is 0.115. The van der Waals surface area contributed by atoms with Gasteiger partial charge in [0.2, 0.25) is 0 Å². The second-order valence-corrected chi connectivity index (χ2v) is 6.40. The molecule has 0 unspecified atom stereocenters. The van der Waals surface area contributed by atoms with E-state index in [2.05, 4.69) is 30.9 Å². The van der Waals surface area contributed by atoms with Crippen molar-refractivity contribution in [3.05, 3.63) is 53.2 Å². The molecule has 0 saturated heterocycles. The van der Waals surface area contributed by atoms with Crippen molar-refractivity contribution >= 4 is 17.2 Å². The highest BCUT2D eigenvalue weighted by Crippen LogP contribution is 2.29. The average molecular weight is 304 g/mol. The Morgan fingerprint density at radius 2 is 1.81 bits per heavy atom. The summed E-state index contributed by atoms with van der Waals surface area (Å²) >= 11 is 6.29. The molecular weight excluding hydrogens is 289 g/mol. The van der Waals surface area contributed by atoms with Crippen LogP contribution in [0.3, 0.4) is 0 Å². The molecule has 3 rings (SSSR count). The van der Waals surface area contributed by atoms with Gasteiger partial charge in [-0.25, -0.2) is 13.9 Å². The number of nitrogens with zero attached hydrogens (tertiary/aromatic N) is 3. The van der Waals surface area contributed by atoms with Crippen LogP contribution in [0.15, 0.2) is 36.5 Å². The first-order valence-electron chi connectivity index (χ1n) is 6.67. The summed E-state index contributed by atoms with van der Waals surface area (Å²) in [6, 6.07) is 8.11. The number of benzene rings is 1. The van der Waals surface area contributed by atoms with Crippen molar-refractivity contribution in [2.75, 3.05) is 0 Å². The third kappa shape index (κ3) is 2.51. The quantitative estimate of drug-likeness (QED) is 0.620. The molecule has 0 aliphatic carbocycles. The second-order valence-electron chi connectivity index (χ2n) is 6.01. The molecule has 0 fully saturated rings. The van der Waals surface area contributed by atoms with Gasteiger partial charge >= 0.3 is 0 Å². The topological polar surface area (TPSA) is 30.2 Å². The summed E-state index contributed by atoms with van der Waals surface area (Å²) in [5, 5.41) is 4.78. The summed E-state index contributed by atoms with van der Waals surface area (Å²) in [5.74, 6) is -0.267. The Hall–Kier alpha value is -1.94. The lowest BCUT2D eigenvalue weighted by Crippen LogP contribution is -2.14. The molecule has 5 heteroatoms. The molecule has 0 radical (unpaired) electrons. The molecule has 0 bridgehead atoms. The molecule has 1 aromatic carbocycles. The minimum Gasteiger partial charge on any atom is -0.232 e. The Bertz CT molecular complexity index is 801. The number of hydrogen-bond donors (Lipinski definition) is 0. The maximum absolute atomic E-state index is 13.1.